The Labute approximate surface area is 121 Å². The van der Waals surface area contributed by atoms with Crippen molar-refractivity contribution in [1.29, 1.82) is 0 Å². The number of carbonyl (C=O) groups is 1. The van der Waals surface area contributed by atoms with Gasteiger partial charge in [-0.15, -0.1) is 11.3 Å². The van der Waals surface area contributed by atoms with Gasteiger partial charge in [-0.05, 0) is 19.9 Å². The number of carbonyl (C=O) groups excluding carboxylic acids is 1. The Kier molecular flexibility index (Phi) is 5.06. The number of ether oxygens (including phenoxy) is 2. The Morgan fingerprint density at radius 3 is 2.80 bits per heavy atom. The molecule has 106 valence electrons. The van der Waals surface area contributed by atoms with Crippen molar-refractivity contribution in [3.63, 3.8) is 0 Å². The Morgan fingerprint density at radius 2 is 2.20 bits per heavy atom. The van der Waals surface area contributed by atoms with Crippen LogP contribution in [0.5, 0.6) is 5.88 Å². The van der Waals surface area contributed by atoms with Gasteiger partial charge in [-0.2, -0.15) is 0 Å². The largest absolute Gasteiger partial charge is 0.477 e. The molecule has 0 radical (unpaired) electrons. The number of esters is 1. The first-order valence-corrected chi connectivity index (χ1v) is 7.23. The van der Waals surface area contributed by atoms with E-state index in [-0.39, 0.29) is 5.97 Å². The number of nitrogens with zero attached hydrogens (tertiary/aromatic N) is 2. The quantitative estimate of drug-likeness (QED) is 0.766. The second-order valence-electron chi connectivity index (χ2n) is 4.06. The summed E-state index contributed by atoms with van der Waals surface area (Å²) >= 11 is 1.62. The maximum atomic E-state index is 11.5. The zero-order chi connectivity index (χ0) is 14.4. The Hall–Kier alpha value is -1.95. The van der Waals surface area contributed by atoms with Gasteiger partial charge in [0.15, 0.2) is 0 Å². The van der Waals surface area contributed by atoms with Gasteiger partial charge in [0.25, 0.3) is 0 Å². The van der Waals surface area contributed by atoms with Crippen molar-refractivity contribution >= 4 is 17.3 Å². The molecule has 0 bridgehead atoms. The molecule has 0 saturated carbocycles. The van der Waals surface area contributed by atoms with Crippen LogP contribution >= 0.6 is 11.3 Å². The average molecular weight is 292 g/mol. The van der Waals surface area contributed by atoms with Gasteiger partial charge in [-0.1, -0.05) is 0 Å². The molecule has 2 rings (SSSR count). The molecular formula is C14H16N2O3S. The lowest BCUT2D eigenvalue weighted by Crippen LogP contribution is -2.06. The standard InChI is InChI=1S/C14H16N2O3S/c1-3-18-14(17)11-4-5-13(15-8-11)19-7-6-12-10(2)16-9-20-12/h4-5,8-9H,3,6-7H2,1-2H3. The van der Waals surface area contributed by atoms with E-state index >= 15 is 0 Å². The first-order valence-electron chi connectivity index (χ1n) is 6.35. The highest BCUT2D eigenvalue weighted by atomic mass is 32.1. The SMILES string of the molecule is CCOC(=O)c1ccc(OCCc2scnc2C)nc1. The third-order valence-electron chi connectivity index (χ3n) is 2.67. The van der Waals surface area contributed by atoms with E-state index in [1.165, 1.54) is 11.1 Å². The molecule has 20 heavy (non-hydrogen) atoms. The van der Waals surface area contributed by atoms with E-state index in [9.17, 15) is 4.79 Å². The monoisotopic (exact) mass is 292 g/mol. The maximum Gasteiger partial charge on any atom is 0.339 e. The van der Waals surface area contributed by atoms with Crippen LogP contribution in [0.25, 0.3) is 0 Å². The van der Waals surface area contributed by atoms with Gasteiger partial charge in [0.2, 0.25) is 5.88 Å². The molecule has 0 atom stereocenters. The Balaban J connectivity index is 1.85. The van der Waals surface area contributed by atoms with Gasteiger partial charge in [-0.25, -0.2) is 14.8 Å². The minimum absolute atomic E-state index is 0.352. The molecular weight excluding hydrogens is 276 g/mol. The van der Waals surface area contributed by atoms with Gasteiger partial charge in [0.1, 0.15) is 0 Å². The summed E-state index contributed by atoms with van der Waals surface area (Å²) in [5, 5.41) is 0. The van der Waals surface area contributed by atoms with Crippen LogP contribution in [-0.2, 0) is 11.2 Å². The van der Waals surface area contributed by atoms with Crippen molar-refractivity contribution in [2.45, 2.75) is 20.3 Å². The summed E-state index contributed by atoms with van der Waals surface area (Å²) in [5.41, 5.74) is 3.30. The topological polar surface area (TPSA) is 61.3 Å². The molecule has 0 fully saturated rings. The molecule has 6 heteroatoms. The van der Waals surface area contributed by atoms with Crippen LogP contribution in [-0.4, -0.2) is 29.2 Å². The predicted octanol–water partition coefficient (Wildman–Crippen LogP) is 2.64. The number of thiazole rings is 1. The number of aryl methyl sites for hydroxylation is 1. The molecule has 2 aromatic heterocycles. The van der Waals surface area contributed by atoms with Crippen molar-refractivity contribution in [3.8, 4) is 5.88 Å². The van der Waals surface area contributed by atoms with E-state index in [4.69, 9.17) is 9.47 Å². The molecule has 0 N–H and O–H groups in total. The lowest BCUT2D eigenvalue weighted by atomic mass is 10.3. The summed E-state index contributed by atoms with van der Waals surface area (Å²) in [6.45, 7) is 4.64. The van der Waals surface area contributed by atoms with E-state index in [2.05, 4.69) is 9.97 Å². The van der Waals surface area contributed by atoms with Crippen molar-refractivity contribution < 1.29 is 14.3 Å². The number of aromatic nitrogens is 2. The first-order chi connectivity index (χ1) is 9.70. The second-order valence-corrected chi connectivity index (χ2v) is 5.00. The molecule has 2 aromatic rings. The second kappa shape index (κ2) is 7.00. The molecule has 0 unspecified atom stereocenters. The smallest absolute Gasteiger partial charge is 0.339 e. The lowest BCUT2D eigenvalue weighted by molar-refractivity contribution is 0.0526. The van der Waals surface area contributed by atoms with Gasteiger partial charge in [0.05, 0.1) is 30.0 Å². The van der Waals surface area contributed by atoms with Gasteiger partial charge < -0.3 is 9.47 Å². The van der Waals surface area contributed by atoms with Crippen LogP contribution in [0, 0.1) is 6.92 Å². The summed E-state index contributed by atoms with van der Waals surface area (Å²) in [6.07, 6.45) is 2.27. The fourth-order valence-corrected chi connectivity index (χ4v) is 2.38. The summed E-state index contributed by atoms with van der Waals surface area (Å²) in [6, 6.07) is 3.32. The van der Waals surface area contributed by atoms with E-state index in [0.29, 0.717) is 24.7 Å². The van der Waals surface area contributed by atoms with Crippen LogP contribution in [0.15, 0.2) is 23.8 Å². The highest BCUT2D eigenvalue weighted by Crippen LogP contribution is 2.14. The lowest BCUT2D eigenvalue weighted by Gasteiger charge is -2.05. The van der Waals surface area contributed by atoms with Crippen molar-refractivity contribution in [3.05, 3.63) is 40.0 Å². The van der Waals surface area contributed by atoms with E-state index < -0.39 is 0 Å². The summed E-state index contributed by atoms with van der Waals surface area (Å²) in [7, 11) is 0. The molecule has 0 aliphatic heterocycles. The van der Waals surface area contributed by atoms with E-state index in [1.807, 2.05) is 12.4 Å². The van der Waals surface area contributed by atoms with Crippen LogP contribution < -0.4 is 4.74 Å². The van der Waals surface area contributed by atoms with Gasteiger partial charge in [0, 0.05) is 23.6 Å². The van der Waals surface area contributed by atoms with Crippen LogP contribution in [0.3, 0.4) is 0 Å². The molecule has 0 spiro atoms. The number of hydrogen-bond acceptors (Lipinski definition) is 6. The maximum absolute atomic E-state index is 11.5. The molecule has 0 saturated heterocycles. The average Bonchev–Trinajstić information content (AvgIpc) is 2.85. The first kappa shape index (κ1) is 14.5. The predicted molar refractivity (Wildman–Crippen MR) is 76.2 cm³/mol. The molecule has 5 nitrogen and oxygen atoms in total. The van der Waals surface area contributed by atoms with Crippen LogP contribution in [0.2, 0.25) is 0 Å². The van der Waals surface area contributed by atoms with E-state index in [1.54, 1.807) is 30.4 Å². The highest BCUT2D eigenvalue weighted by Gasteiger charge is 2.07. The summed E-state index contributed by atoms with van der Waals surface area (Å²) < 4.78 is 10.4. The normalized spacial score (nSPS) is 10.3. The Morgan fingerprint density at radius 1 is 1.35 bits per heavy atom. The van der Waals surface area contributed by atoms with Gasteiger partial charge in [-0.3, -0.25) is 0 Å². The number of rotatable bonds is 6. The molecule has 0 aliphatic rings. The Bertz CT molecular complexity index is 566. The zero-order valence-corrected chi connectivity index (χ0v) is 12.3. The van der Waals surface area contributed by atoms with Crippen LogP contribution in [0.4, 0.5) is 0 Å². The minimum atomic E-state index is -0.369. The zero-order valence-electron chi connectivity index (χ0n) is 11.5. The minimum Gasteiger partial charge on any atom is -0.477 e. The fraction of sp³-hybridized carbons (Fsp3) is 0.357. The fourth-order valence-electron chi connectivity index (χ4n) is 1.62. The number of hydrogen-bond donors (Lipinski definition) is 0. The molecule has 0 aliphatic carbocycles. The van der Waals surface area contributed by atoms with Crippen LogP contribution in [0.1, 0.15) is 27.9 Å². The highest BCUT2D eigenvalue weighted by molar-refractivity contribution is 7.09. The summed E-state index contributed by atoms with van der Waals surface area (Å²) in [5.74, 6) is 0.132. The van der Waals surface area contributed by atoms with Crippen molar-refractivity contribution in [2.24, 2.45) is 0 Å². The van der Waals surface area contributed by atoms with Crippen molar-refractivity contribution in [1.82, 2.24) is 9.97 Å². The molecule has 2 heterocycles. The number of pyridine rings is 1. The molecule has 0 aromatic carbocycles. The van der Waals surface area contributed by atoms with E-state index in [0.717, 1.165) is 12.1 Å². The summed E-state index contributed by atoms with van der Waals surface area (Å²) in [4.78, 5) is 20.9. The van der Waals surface area contributed by atoms with Crippen molar-refractivity contribution in [2.75, 3.05) is 13.2 Å². The molecule has 0 amide bonds. The third kappa shape index (κ3) is 3.77. The van der Waals surface area contributed by atoms with Gasteiger partial charge >= 0.3 is 5.97 Å². The third-order valence-corrected chi connectivity index (χ3v) is 3.67.